The summed E-state index contributed by atoms with van der Waals surface area (Å²) >= 11 is 0. The van der Waals surface area contributed by atoms with Gasteiger partial charge in [0.2, 0.25) is 0 Å². The largest absolute Gasteiger partial charge is 0.504 e. The summed E-state index contributed by atoms with van der Waals surface area (Å²) in [5.41, 5.74) is 5.69. The molecule has 0 fully saturated rings. The maximum absolute atomic E-state index is 9.23. The molecule has 0 heterocycles. The van der Waals surface area contributed by atoms with Crippen molar-refractivity contribution < 1.29 is 35.1 Å². The topological polar surface area (TPSA) is 161 Å². The van der Waals surface area contributed by atoms with Gasteiger partial charge in [0.05, 0.1) is 6.10 Å². The number of rotatable bonds is 2. The van der Waals surface area contributed by atoms with Crippen molar-refractivity contribution in [3.8, 4) is 11.5 Å². The highest BCUT2D eigenvalue weighted by molar-refractivity contribution is 6.27. The zero-order chi connectivity index (χ0) is 14.3. The first-order valence-electron chi connectivity index (χ1n) is 4.65. The zero-order valence-electron chi connectivity index (χ0n) is 9.15. The van der Waals surface area contributed by atoms with Gasteiger partial charge in [0, 0.05) is 6.54 Å². The molecule has 0 amide bonds. The van der Waals surface area contributed by atoms with Gasteiger partial charge in [-0.3, -0.25) is 0 Å². The molecule has 0 saturated heterocycles. The highest BCUT2D eigenvalue weighted by Crippen LogP contribution is 2.27. The molecule has 0 radical (unpaired) electrons. The molecule has 0 unspecified atom stereocenters. The second-order valence-corrected chi connectivity index (χ2v) is 3.11. The normalized spacial score (nSPS) is 11.0. The Hall–Kier alpha value is -2.32. The molecule has 1 rings (SSSR count). The quantitative estimate of drug-likeness (QED) is 0.298. The smallest absolute Gasteiger partial charge is 0.414 e. The van der Waals surface area contributed by atoms with Crippen molar-refractivity contribution in [1.82, 2.24) is 0 Å². The zero-order valence-corrected chi connectivity index (χ0v) is 9.15. The average Bonchev–Trinajstić information content (AvgIpc) is 2.32. The van der Waals surface area contributed by atoms with Gasteiger partial charge in [-0.15, -0.1) is 0 Å². The fourth-order valence-electron chi connectivity index (χ4n) is 0.884. The fraction of sp³-hybridized carbons (Fsp3) is 0.200. The van der Waals surface area contributed by atoms with Gasteiger partial charge < -0.3 is 31.3 Å². The van der Waals surface area contributed by atoms with E-state index in [1.165, 1.54) is 18.2 Å². The molecule has 0 saturated carbocycles. The molecule has 100 valence electrons. The monoisotopic (exact) mass is 259 g/mol. The molecule has 18 heavy (non-hydrogen) atoms. The predicted molar refractivity (Wildman–Crippen MR) is 59.1 cm³/mol. The van der Waals surface area contributed by atoms with Crippen LogP contribution in [0, 0.1) is 0 Å². The molecule has 8 heteroatoms. The van der Waals surface area contributed by atoms with Gasteiger partial charge in [-0.05, 0) is 17.7 Å². The SMILES string of the molecule is NC[C@H](O)c1ccc(O)c(O)c1.O=C(O)C(=O)O. The van der Waals surface area contributed by atoms with Crippen LogP contribution in [0.15, 0.2) is 18.2 Å². The second kappa shape index (κ2) is 7.09. The molecular formula is C10H13NO7. The molecule has 0 bridgehead atoms. The molecule has 1 aromatic carbocycles. The molecule has 0 aliphatic rings. The Morgan fingerprint density at radius 2 is 1.61 bits per heavy atom. The number of nitrogens with two attached hydrogens (primary N) is 1. The van der Waals surface area contributed by atoms with Gasteiger partial charge in [-0.25, -0.2) is 9.59 Å². The van der Waals surface area contributed by atoms with E-state index in [1.807, 2.05) is 0 Å². The molecule has 1 atom stereocenters. The van der Waals surface area contributed by atoms with Gasteiger partial charge in [-0.2, -0.15) is 0 Å². The first-order valence-corrected chi connectivity index (χ1v) is 4.65. The van der Waals surface area contributed by atoms with Gasteiger partial charge in [0.1, 0.15) is 0 Å². The van der Waals surface area contributed by atoms with Crippen LogP contribution in [-0.4, -0.2) is 44.0 Å². The van der Waals surface area contributed by atoms with E-state index in [1.54, 1.807) is 0 Å². The lowest BCUT2D eigenvalue weighted by Gasteiger charge is -2.08. The number of aliphatic hydroxyl groups is 1. The summed E-state index contributed by atoms with van der Waals surface area (Å²) in [7, 11) is 0. The summed E-state index contributed by atoms with van der Waals surface area (Å²) in [6, 6.07) is 4.10. The highest BCUT2D eigenvalue weighted by Gasteiger charge is 2.07. The molecule has 0 aliphatic carbocycles. The lowest BCUT2D eigenvalue weighted by atomic mass is 10.1. The third-order valence-electron chi connectivity index (χ3n) is 1.79. The van der Waals surface area contributed by atoms with E-state index >= 15 is 0 Å². The number of carbonyl (C=O) groups is 2. The Balaban J connectivity index is 0.000000411. The summed E-state index contributed by atoms with van der Waals surface area (Å²) in [6.07, 6.45) is -0.795. The third-order valence-corrected chi connectivity index (χ3v) is 1.79. The molecular weight excluding hydrogens is 246 g/mol. The minimum Gasteiger partial charge on any atom is -0.504 e. The number of hydrogen-bond donors (Lipinski definition) is 6. The van der Waals surface area contributed by atoms with Gasteiger partial charge in [0.25, 0.3) is 0 Å². The van der Waals surface area contributed by atoms with E-state index in [-0.39, 0.29) is 18.0 Å². The number of aliphatic carboxylic acids is 2. The molecule has 8 nitrogen and oxygen atoms in total. The summed E-state index contributed by atoms with van der Waals surface area (Å²) < 4.78 is 0. The van der Waals surface area contributed by atoms with E-state index in [0.29, 0.717) is 5.56 Å². The van der Waals surface area contributed by atoms with Crippen molar-refractivity contribution in [3.05, 3.63) is 23.8 Å². The Bertz CT molecular complexity index is 420. The van der Waals surface area contributed by atoms with Gasteiger partial charge in [-0.1, -0.05) is 6.07 Å². The van der Waals surface area contributed by atoms with Crippen LogP contribution in [0.3, 0.4) is 0 Å². The summed E-state index contributed by atoms with van der Waals surface area (Å²) in [5, 5.41) is 42.0. The molecule has 1 aromatic rings. The Morgan fingerprint density at radius 1 is 1.11 bits per heavy atom. The van der Waals surface area contributed by atoms with Crippen molar-refractivity contribution in [2.75, 3.05) is 6.54 Å². The minimum absolute atomic E-state index is 0.0875. The first kappa shape index (κ1) is 15.7. The van der Waals surface area contributed by atoms with Crippen LogP contribution in [0.4, 0.5) is 0 Å². The van der Waals surface area contributed by atoms with E-state index in [2.05, 4.69) is 0 Å². The third kappa shape index (κ3) is 5.14. The van der Waals surface area contributed by atoms with Crippen LogP contribution >= 0.6 is 0 Å². The van der Waals surface area contributed by atoms with E-state index in [9.17, 15) is 5.11 Å². The van der Waals surface area contributed by atoms with Gasteiger partial charge >= 0.3 is 11.9 Å². The number of aliphatic hydroxyl groups excluding tert-OH is 1. The van der Waals surface area contributed by atoms with Gasteiger partial charge in [0.15, 0.2) is 11.5 Å². The minimum atomic E-state index is -1.82. The van der Waals surface area contributed by atoms with Crippen molar-refractivity contribution >= 4 is 11.9 Å². The lowest BCUT2D eigenvalue weighted by Crippen LogP contribution is -2.11. The van der Waals surface area contributed by atoms with Crippen LogP contribution in [0.25, 0.3) is 0 Å². The lowest BCUT2D eigenvalue weighted by molar-refractivity contribution is -0.159. The van der Waals surface area contributed by atoms with Crippen molar-refractivity contribution in [1.29, 1.82) is 0 Å². The number of carboxylic acid groups (broad SMARTS) is 2. The number of hydrogen-bond acceptors (Lipinski definition) is 6. The molecule has 7 N–H and O–H groups in total. The molecule has 0 aromatic heterocycles. The van der Waals surface area contributed by atoms with Crippen LogP contribution in [-0.2, 0) is 9.59 Å². The van der Waals surface area contributed by atoms with E-state index < -0.39 is 18.0 Å². The number of benzene rings is 1. The Morgan fingerprint density at radius 3 is 1.94 bits per heavy atom. The van der Waals surface area contributed by atoms with Crippen LogP contribution < -0.4 is 5.73 Å². The number of phenols is 2. The van der Waals surface area contributed by atoms with Crippen LogP contribution in [0.5, 0.6) is 11.5 Å². The standard InChI is InChI=1S/C8H11NO3.C2H2O4/c9-4-8(12)5-1-2-6(10)7(11)3-5;3-1(4)2(5)6/h1-3,8,10-12H,4,9H2;(H,3,4)(H,5,6)/t8-;/m0./s1. The van der Waals surface area contributed by atoms with Crippen molar-refractivity contribution in [2.24, 2.45) is 5.73 Å². The summed E-state index contributed by atoms with van der Waals surface area (Å²) in [4.78, 5) is 18.2. The molecule has 0 spiro atoms. The van der Waals surface area contributed by atoms with Crippen LogP contribution in [0.2, 0.25) is 0 Å². The maximum atomic E-state index is 9.23. The predicted octanol–water partition coefficient (Wildman–Crippen LogP) is -0.755. The van der Waals surface area contributed by atoms with Crippen LogP contribution in [0.1, 0.15) is 11.7 Å². The fourth-order valence-corrected chi connectivity index (χ4v) is 0.884. The van der Waals surface area contributed by atoms with E-state index in [4.69, 9.17) is 35.7 Å². The Labute approximate surface area is 102 Å². The number of aromatic hydroxyl groups is 2. The maximum Gasteiger partial charge on any atom is 0.414 e. The Kier molecular flexibility index (Phi) is 6.18. The first-order chi connectivity index (χ1) is 8.29. The average molecular weight is 259 g/mol. The van der Waals surface area contributed by atoms with Crippen molar-refractivity contribution in [2.45, 2.75) is 6.10 Å². The molecule has 0 aliphatic heterocycles. The summed E-state index contributed by atoms with van der Waals surface area (Å²) in [6.45, 7) is 0.0875. The summed E-state index contributed by atoms with van der Waals surface area (Å²) in [5.74, 6) is -4.10. The highest BCUT2D eigenvalue weighted by atomic mass is 16.4. The number of carboxylic acids is 2. The number of phenolic OH excluding ortho intramolecular Hbond substituents is 2. The van der Waals surface area contributed by atoms with Crippen molar-refractivity contribution in [3.63, 3.8) is 0 Å². The van der Waals surface area contributed by atoms with E-state index in [0.717, 1.165) is 0 Å². The second-order valence-electron chi connectivity index (χ2n) is 3.11.